The van der Waals surface area contributed by atoms with Crippen LogP contribution in [0.2, 0.25) is 0 Å². The highest BCUT2D eigenvalue weighted by Gasteiger charge is 2.23. The molecule has 8 nitrogen and oxygen atoms in total. The third-order valence-electron chi connectivity index (χ3n) is 4.00. The summed E-state index contributed by atoms with van der Waals surface area (Å²) in [6.07, 6.45) is -0.563. The first-order chi connectivity index (χ1) is 14.4. The fourth-order valence-electron chi connectivity index (χ4n) is 2.46. The number of fused-ring (bicyclic) bond motifs is 1. The van der Waals surface area contributed by atoms with E-state index in [0.717, 1.165) is 0 Å². The third-order valence-corrected chi connectivity index (χ3v) is 4.00. The third kappa shape index (κ3) is 5.19. The first kappa shape index (κ1) is 21.0. The number of nitrogens with zero attached hydrogens (tertiary/aromatic N) is 2. The Hall–Kier alpha value is -3.75. The van der Waals surface area contributed by atoms with Crippen LogP contribution in [-0.2, 0) is 19.1 Å². The summed E-state index contributed by atoms with van der Waals surface area (Å²) >= 11 is 0. The zero-order valence-electron chi connectivity index (χ0n) is 16.5. The van der Waals surface area contributed by atoms with E-state index in [1.54, 1.807) is 24.3 Å². The van der Waals surface area contributed by atoms with E-state index in [1.807, 2.05) is 0 Å². The van der Waals surface area contributed by atoms with E-state index in [9.17, 15) is 14.0 Å². The molecule has 156 valence electrons. The lowest BCUT2D eigenvalue weighted by Gasteiger charge is -2.16. The van der Waals surface area contributed by atoms with Gasteiger partial charge in [-0.3, -0.25) is 0 Å². The van der Waals surface area contributed by atoms with Gasteiger partial charge in [0.15, 0.2) is 12.2 Å². The minimum Gasteiger partial charge on any atom is -0.479 e. The molecule has 1 heterocycles. The number of halogens is 1. The molecule has 0 saturated heterocycles. The second kappa shape index (κ2) is 9.17. The number of esters is 2. The Morgan fingerprint density at radius 2 is 1.63 bits per heavy atom. The highest BCUT2D eigenvalue weighted by molar-refractivity contribution is 5.81. The number of rotatable bonds is 7. The predicted octanol–water partition coefficient (Wildman–Crippen LogP) is 3.43. The zero-order valence-corrected chi connectivity index (χ0v) is 16.5. The van der Waals surface area contributed by atoms with Gasteiger partial charge in [0.25, 0.3) is 0 Å². The number of carbonyl (C=O) groups excluding carboxylic acids is 2. The molecular weight excluding hydrogens is 395 g/mol. The Balaban J connectivity index is 1.60. The van der Waals surface area contributed by atoms with Crippen molar-refractivity contribution < 1.29 is 32.9 Å². The molecule has 0 aliphatic rings. The highest BCUT2D eigenvalue weighted by atomic mass is 19.1. The lowest BCUT2D eigenvalue weighted by Crippen LogP contribution is -2.33. The maximum absolute atomic E-state index is 13.2. The molecule has 9 heteroatoms. The maximum atomic E-state index is 13.2. The molecule has 0 aliphatic carbocycles. The summed E-state index contributed by atoms with van der Waals surface area (Å²) in [5.41, 5.74) is 0.927. The van der Waals surface area contributed by atoms with Gasteiger partial charge in [0.1, 0.15) is 17.3 Å². The fraction of sp³-hybridized carbons (Fsp3) is 0.238. The number of hydrogen-bond donors (Lipinski definition) is 0. The number of benzene rings is 2. The van der Waals surface area contributed by atoms with E-state index >= 15 is 0 Å². The predicted molar refractivity (Wildman–Crippen MR) is 104 cm³/mol. The van der Waals surface area contributed by atoms with Crippen molar-refractivity contribution in [1.29, 1.82) is 0 Å². The Kier molecular flexibility index (Phi) is 6.41. The number of hydrogen-bond acceptors (Lipinski definition) is 8. The average molecular weight is 414 g/mol. The van der Waals surface area contributed by atoms with Crippen molar-refractivity contribution in [3.63, 3.8) is 0 Å². The molecule has 2 atom stereocenters. The Labute approximate surface area is 171 Å². The molecule has 0 bridgehead atoms. The van der Waals surface area contributed by atoms with Crippen molar-refractivity contribution in [1.82, 2.24) is 9.97 Å². The zero-order chi connectivity index (χ0) is 21.7. The summed E-state index contributed by atoms with van der Waals surface area (Å²) in [6, 6.07) is 10.6. The number of aromatic nitrogens is 2. The lowest BCUT2D eigenvalue weighted by atomic mass is 10.3. The van der Waals surface area contributed by atoms with Gasteiger partial charge in [-0.2, -0.15) is 0 Å². The topological polar surface area (TPSA) is 96.8 Å². The van der Waals surface area contributed by atoms with Crippen LogP contribution in [0.1, 0.15) is 13.8 Å². The van der Waals surface area contributed by atoms with Crippen LogP contribution in [0.4, 0.5) is 4.39 Å². The van der Waals surface area contributed by atoms with Crippen molar-refractivity contribution in [2.75, 3.05) is 7.11 Å². The summed E-state index contributed by atoms with van der Waals surface area (Å²) < 4.78 is 33.9. The second-order valence-corrected chi connectivity index (χ2v) is 6.28. The van der Waals surface area contributed by atoms with Crippen LogP contribution in [-0.4, -0.2) is 41.2 Å². The van der Waals surface area contributed by atoms with Crippen molar-refractivity contribution in [3.8, 4) is 17.4 Å². The Bertz CT molecular complexity index is 1060. The van der Waals surface area contributed by atoms with Gasteiger partial charge in [-0.1, -0.05) is 0 Å². The number of ether oxygens (including phenoxy) is 4. The molecule has 0 radical (unpaired) electrons. The van der Waals surface area contributed by atoms with E-state index in [-0.39, 0.29) is 11.7 Å². The van der Waals surface area contributed by atoms with Crippen molar-refractivity contribution in [2.24, 2.45) is 0 Å². The van der Waals surface area contributed by atoms with Gasteiger partial charge < -0.3 is 18.9 Å². The van der Waals surface area contributed by atoms with Gasteiger partial charge in [0.05, 0.1) is 24.3 Å². The van der Waals surface area contributed by atoms with Crippen LogP contribution in [0.3, 0.4) is 0 Å². The Morgan fingerprint density at radius 3 is 2.33 bits per heavy atom. The van der Waals surface area contributed by atoms with Crippen LogP contribution >= 0.6 is 0 Å². The van der Waals surface area contributed by atoms with Crippen LogP contribution in [0, 0.1) is 5.82 Å². The van der Waals surface area contributed by atoms with E-state index in [4.69, 9.17) is 14.2 Å². The SMILES string of the molecule is COC(=O)C(C)OC(=O)C(C)Oc1ccc(Oc2cnc3cc(F)ccc3n2)cc1. The molecular formula is C21H19FN2O6. The lowest BCUT2D eigenvalue weighted by molar-refractivity contribution is -0.168. The summed E-state index contributed by atoms with van der Waals surface area (Å²) in [5.74, 6) is -0.629. The molecule has 0 spiro atoms. The Morgan fingerprint density at radius 1 is 0.933 bits per heavy atom. The van der Waals surface area contributed by atoms with Gasteiger partial charge in [0.2, 0.25) is 5.88 Å². The van der Waals surface area contributed by atoms with Crippen molar-refractivity contribution in [3.05, 3.63) is 54.5 Å². The molecule has 0 fully saturated rings. The van der Waals surface area contributed by atoms with Gasteiger partial charge in [-0.05, 0) is 50.2 Å². The van der Waals surface area contributed by atoms with Gasteiger partial charge in [-0.15, -0.1) is 0 Å². The molecule has 0 saturated carbocycles. The molecule has 0 amide bonds. The molecule has 2 unspecified atom stereocenters. The van der Waals surface area contributed by atoms with Crippen molar-refractivity contribution in [2.45, 2.75) is 26.1 Å². The largest absolute Gasteiger partial charge is 0.479 e. The highest BCUT2D eigenvalue weighted by Crippen LogP contribution is 2.24. The normalized spacial score (nSPS) is 12.7. The molecule has 3 rings (SSSR count). The smallest absolute Gasteiger partial charge is 0.347 e. The molecule has 0 aliphatic heterocycles. The number of carbonyl (C=O) groups is 2. The molecule has 30 heavy (non-hydrogen) atoms. The number of methoxy groups -OCH3 is 1. The van der Waals surface area contributed by atoms with Crippen LogP contribution in [0.5, 0.6) is 17.4 Å². The summed E-state index contributed by atoms with van der Waals surface area (Å²) in [6.45, 7) is 2.92. The van der Waals surface area contributed by atoms with Gasteiger partial charge in [0, 0.05) is 6.07 Å². The minimum absolute atomic E-state index is 0.247. The molecule has 2 aromatic carbocycles. The van der Waals surface area contributed by atoms with E-state index in [0.29, 0.717) is 22.5 Å². The van der Waals surface area contributed by atoms with Crippen LogP contribution in [0.15, 0.2) is 48.7 Å². The first-order valence-corrected chi connectivity index (χ1v) is 9.01. The monoisotopic (exact) mass is 414 g/mol. The standard InChI is InChI=1S/C21H19FN2O6/c1-12(20(25)27-3)29-21(26)13(2)28-15-5-7-16(8-6-15)30-19-11-23-18-10-14(22)4-9-17(18)24-19/h4-13H,1-3H3. The summed E-state index contributed by atoms with van der Waals surface area (Å²) in [7, 11) is 1.21. The molecule has 3 aromatic rings. The van der Waals surface area contributed by atoms with Gasteiger partial charge >= 0.3 is 11.9 Å². The van der Waals surface area contributed by atoms with Crippen LogP contribution in [0.25, 0.3) is 11.0 Å². The molecule has 0 N–H and O–H groups in total. The van der Waals surface area contributed by atoms with E-state index in [1.165, 1.54) is 45.4 Å². The minimum atomic E-state index is -1.02. The molecule has 1 aromatic heterocycles. The van der Waals surface area contributed by atoms with Gasteiger partial charge in [-0.25, -0.2) is 23.9 Å². The summed E-state index contributed by atoms with van der Waals surface area (Å²) in [5, 5.41) is 0. The quantitative estimate of drug-likeness (QED) is 0.543. The summed E-state index contributed by atoms with van der Waals surface area (Å²) in [4.78, 5) is 31.7. The van der Waals surface area contributed by atoms with E-state index < -0.39 is 24.1 Å². The second-order valence-electron chi connectivity index (χ2n) is 6.28. The average Bonchev–Trinajstić information content (AvgIpc) is 2.74. The fourth-order valence-corrected chi connectivity index (χ4v) is 2.46. The first-order valence-electron chi connectivity index (χ1n) is 9.01. The van der Waals surface area contributed by atoms with E-state index in [2.05, 4.69) is 14.7 Å². The van der Waals surface area contributed by atoms with Crippen molar-refractivity contribution >= 4 is 23.0 Å². The van der Waals surface area contributed by atoms with Crippen LogP contribution < -0.4 is 9.47 Å². The maximum Gasteiger partial charge on any atom is 0.347 e.